The van der Waals surface area contributed by atoms with Crippen LogP contribution in [-0.4, -0.2) is 41.5 Å². The molecule has 1 aliphatic heterocycles. The van der Waals surface area contributed by atoms with E-state index in [4.69, 9.17) is 4.42 Å². The van der Waals surface area contributed by atoms with Gasteiger partial charge in [0.05, 0.1) is 12.7 Å². The number of furan rings is 1. The van der Waals surface area contributed by atoms with Crippen molar-refractivity contribution in [3.8, 4) is 0 Å². The van der Waals surface area contributed by atoms with Crippen LogP contribution in [0.25, 0.3) is 0 Å². The summed E-state index contributed by atoms with van der Waals surface area (Å²) in [7, 11) is 0. The highest BCUT2D eigenvalue weighted by atomic mass is 16.3. The van der Waals surface area contributed by atoms with Crippen LogP contribution in [0.15, 0.2) is 10.5 Å². The minimum Gasteiger partial charge on any atom is -0.466 e. The molecule has 6 heteroatoms. The zero-order valence-electron chi connectivity index (χ0n) is 12.4. The second-order valence-electron chi connectivity index (χ2n) is 5.13. The molecule has 0 radical (unpaired) electrons. The molecule has 110 valence electrons. The number of rotatable bonds is 3. The number of aryl methyl sites for hydroxylation is 2. The first-order valence-corrected chi connectivity index (χ1v) is 6.82. The summed E-state index contributed by atoms with van der Waals surface area (Å²) in [4.78, 5) is 27.0. The highest BCUT2D eigenvalue weighted by Gasteiger charge is 2.30. The second kappa shape index (κ2) is 5.56. The van der Waals surface area contributed by atoms with Crippen LogP contribution in [0.3, 0.4) is 0 Å². The summed E-state index contributed by atoms with van der Waals surface area (Å²) in [6, 6.07) is 1.55. The van der Waals surface area contributed by atoms with Gasteiger partial charge in [0, 0.05) is 12.1 Å². The van der Waals surface area contributed by atoms with E-state index in [1.807, 2.05) is 33.8 Å². The monoisotopic (exact) mass is 279 g/mol. The number of carbonyl (C=O) groups excluding carboxylic acids is 2. The Bertz CT molecular complexity index is 524. The van der Waals surface area contributed by atoms with Crippen LogP contribution >= 0.6 is 0 Å². The lowest BCUT2D eigenvalue weighted by molar-refractivity contribution is -0.126. The fourth-order valence-corrected chi connectivity index (χ4v) is 2.45. The van der Waals surface area contributed by atoms with E-state index in [0.717, 1.165) is 17.1 Å². The van der Waals surface area contributed by atoms with E-state index < -0.39 is 0 Å². The van der Waals surface area contributed by atoms with Crippen molar-refractivity contribution in [2.45, 2.75) is 33.7 Å². The van der Waals surface area contributed by atoms with Gasteiger partial charge in [-0.2, -0.15) is 0 Å². The SMILES string of the molecule is CCN1CN(C(=O)N[C@@H](C)c2cc(C)oc2C)CC1=O. The normalized spacial score (nSPS) is 16.7. The molecule has 1 N–H and O–H groups in total. The van der Waals surface area contributed by atoms with E-state index >= 15 is 0 Å². The molecule has 2 heterocycles. The van der Waals surface area contributed by atoms with E-state index in [0.29, 0.717) is 13.2 Å². The van der Waals surface area contributed by atoms with Gasteiger partial charge in [-0.15, -0.1) is 0 Å². The minimum absolute atomic E-state index is 0.00867. The quantitative estimate of drug-likeness (QED) is 0.917. The van der Waals surface area contributed by atoms with E-state index in [-0.39, 0.29) is 24.5 Å². The molecule has 6 nitrogen and oxygen atoms in total. The van der Waals surface area contributed by atoms with Crippen LogP contribution in [0.1, 0.15) is 37.0 Å². The van der Waals surface area contributed by atoms with Gasteiger partial charge in [0.15, 0.2) is 0 Å². The molecule has 1 fully saturated rings. The third-order valence-electron chi connectivity index (χ3n) is 3.58. The van der Waals surface area contributed by atoms with Gasteiger partial charge in [-0.1, -0.05) is 0 Å². The van der Waals surface area contributed by atoms with Crippen molar-refractivity contribution in [3.63, 3.8) is 0 Å². The Morgan fingerprint density at radius 3 is 2.70 bits per heavy atom. The molecule has 20 heavy (non-hydrogen) atoms. The predicted octanol–water partition coefficient (Wildman–Crippen LogP) is 1.79. The first-order chi connectivity index (χ1) is 9.42. The molecule has 1 aliphatic rings. The molecular weight excluding hydrogens is 258 g/mol. The van der Waals surface area contributed by atoms with Gasteiger partial charge in [-0.3, -0.25) is 9.69 Å². The summed E-state index contributed by atoms with van der Waals surface area (Å²) in [6.45, 7) is 8.70. The number of nitrogens with zero attached hydrogens (tertiary/aromatic N) is 2. The van der Waals surface area contributed by atoms with Gasteiger partial charge in [0.2, 0.25) is 5.91 Å². The Morgan fingerprint density at radius 2 is 2.20 bits per heavy atom. The van der Waals surface area contributed by atoms with Gasteiger partial charge in [0.25, 0.3) is 0 Å². The molecule has 0 saturated carbocycles. The van der Waals surface area contributed by atoms with Gasteiger partial charge >= 0.3 is 6.03 Å². The summed E-state index contributed by atoms with van der Waals surface area (Å²) in [5.74, 6) is 1.63. The topological polar surface area (TPSA) is 65.8 Å². The molecule has 1 atom stereocenters. The number of nitrogens with one attached hydrogen (secondary N) is 1. The number of amides is 3. The first-order valence-electron chi connectivity index (χ1n) is 6.82. The molecule has 1 saturated heterocycles. The van der Waals surface area contributed by atoms with E-state index in [9.17, 15) is 9.59 Å². The smallest absolute Gasteiger partial charge is 0.319 e. The molecule has 0 spiro atoms. The summed E-state index contributed by atoms with van der Waals surface area (Å²) < 4.78 is 5.47. The van der Waals surface area contributed by atoms with Crippen molar-refractivity contribution in [1.29, 1.82) is 0 Å². The van der Waals surface area contributed by atoms with Crippen molar-refractivity contribution in [2.75, 3.05) is 19.8 Å². The fourth-order valence-electron chi connectivity index (χ4n) is 2.45. The van der Waals surface area contributed by atoms with Crippen molar-refractivity contribution >= 4 is 11.9 Å². The maximum absolute atomic E-state index is 12.2. The Kier molecular flexibility index (Phi) is 4.01. The van der Waals surface area contributed by atoms with Gasteiger partial charge in [-0.05, 0) is 33.8 Å². The standard InChI is InChI=1S/C14H21N3O3/c1-5-16-8-17(7-13(16)18)14(19)15-10(3)12-6-9(2)20-11(12)4/h6,10H,5,7-8H2,1-4H3,(H,15,19)/t10-/m0/s1. The maximum atomic E-state index is 12.2. The van der Waals surface area contributed by atoms with Crippen LogP contribution in [0.4, 0.5) is 4.79 Å². The van der Waals surface area contributed by atoms with E-state index in [1.165, 1.54) is 4.90 Å². The van der Waals surface area contributed by atoms with Crippen LogP contribution in [-0.2, 0) is 4.79 Å². The van der Waals surface area contributed by atoms with E-state index in [2.05, 4.69) is 5.32 Å². The number of hydrogen-bond donors (Lipinski definition) is 1. The fraction of sp³-hybridized carbons (Fsp3) is 0.571. The third kappa shape index (κ3) is 2.79. The molecule has 0 aromatic carbocycles. The summed E-state index contributed by atoms with van der Waals surface area (Å²) >= 11 is 0. The highest BCUT2D eigenvalue weighted by molar-refractivity contribution is 5.87. The maximum Gasteiger partial charge on any atom is 0.319 e. The molecule has 3 amide bonds. The summed E-state index contributed by atoms with van der Waals surface area (Å²) in [5, 5.41) is 2.91. The average Bonchev–Trinajstić information content (AvgIpc) is 2.91. The largest absolute Gasteiger partial charge is 0.466 e. The zero-order valence-corrected chi connectivity index (χ0v) is 12.4. The van der Waals surface area contributed by atoms with Gasteiger partial charge < -0.3 is 14.6 Å². The van der Waals surface area contributed by atoms with Crippen molar-refractivity contribution in [1.82, 2.24) is 15.1 Å². The van der Waals surface area contributed by atoms with E-state index in [1.54, 1.807) is 4.90 Å². The lowest BCUT2D eigenvalue weighted by Gasteiger charge is -2.20. The Labute approximate surface area is 118 Å². The molecule has 0 aliphatic carbocycles. The molecule has 1 aromatic heterocycles. The molecular formula is C14H21N3O3. The number of urea groups is 1. The number of hydrogen-bond acceptors (Lipinski definition) is 3. The molecule has 0 bridgehead atoms. The average molecular weight is 279 g/mol. The van der Waals surface area contributed by atoms with Crippen LogP contribution in [0.5, 0.6) is 0 Å². The number of likely N-dealkylation sites (N-methyl/N-ethyl adjacent to an activating group) is 1. The van der Waals surface area contributed by atoms with Crippen LogP contribution in [0.2, 0.25) is 0 Å². The molecule has 1 aromatic rings. The highest BCUT2D eigenvalue weighted by Crippen LogP contribution is 2.21. The van der Waals surface area contributed by atoms with Crippen LogP contribution < -0.4 is 5.32 Å². The van der Waals surface area contributed by atoms with Gasteiger partial charge in [0.1, 0.15) is 18.1 Å². The predicted molar refractivity (Wildman–Crippen MR) is 74.1 cm³/mol. The first kappa shape index (κ1) is 14.4. The van der Waals surface area contributed by atoms with Crippen LogP contribution in [0, 0.1) is 13.8 Å². The lowest BCUT2D eigenvalue weighted by atomic mass is 10.1. The second-order valence-corrected chi connectivity index (χ2v) is 5.13. The molecule has 0 unspecified atom stereocenters. The Morgan fingerprint density at radius 1 is 1.50 bits per heavy atom. The molecule has 2 rings (SSSR count). The minimum atomic E-state index is -0.222. The summed E-state index contributed by atoms with van der Waals surface area (Å²) in [6.07, 6.45) is 0. The summed E-state index contributed by atoms with van der Waals surface area (Å²) in [5.41, 5.74) is 0.966. The third-order valence-corrected chi connectivity index (χ3v) is 3.58. The van der Waals surface area contributed by atoms with Crippen molar-refractivity contribution in [2.24, 2.45) is 0 Å². The number of carbonyl (C=O) groups is 2. The van der Waals surface area contributed by atoms with Gasteiger partial charge in [-0.25, -0.2) is 4.79 Å². The Balaban J connectivity index is 1.98. The van der Waals surface area contributed by atoms with Crippen molar-refractivity contribution < 1.29 is 14.0 Å². The van der Waals surface area contributed by atoms with Crippen molar-refractivity contribution in [3.05, 3.63) is 23.2 Å². The zero-order chi connectivity index (χ0) is 14.9. The Hall–Kier alpha value is -1.98. The lowest BCUT2D eigenvalue weighted by Crippen LogP contribution is -2.40.